The number of hydrogen-bond acceptors (Lipinski definition) is 2. The van der Waals surface area contributed by atoms with E-state index in [1.165, 1.54) is 5.56 Å². The van der Waals surface area contributed by atoms with E-state index >= 15 is 0 Å². The van der Waals surface area contributed by atoms with Gasteiger partial charge in [-0.2, -0.15) is 0 Å². The third-order valence-electron chi connectivity index (χ3n) is 3.62. The van der Waals surface area contributed by atoms with Gasteiger partial charge in [-0.25, -0.2) is 0 Å². The maximum Gasteiger partial charge on any atom is 0.236 e. The molecular formula is C14H20N2O. The summed E-state index contributed by atoms with van der Waals surface area (Å²) in [6.07, 6.45) is 1.99. The summed E-state index contributed by atoms with van der Waals surface area (Å²) < 4.78 is 0. The fraction of sp³-hybridized carbons (Fsp3) is 0.500. The first-order valence-corrected chi connectivity index (χ1v) is 6.13. The second-order valence-electron chi connectivity index (χ2n) is 5.33. The van der Waals surface area contributed by atoms with Crippen LogP contribution in [0.3, 0.4) is 0 Å². The zero-order valence-electron chi connectivity index (χ0n) is 10.4. The van der Waals surface area contributed by atoms with Crippen LogP contribution >= 0.6 is 0 Å². The second-order valence-corrected chi connectivity index (χ2v) is 5.33. The summed E-state index contributed by atoms with van der Waals surface area (Å²) in [6.45, 7) is 3.96. The van der Waals surface area contributed by atoms with Crippen LogP contribution in [0.2, 0.25) is 0 Å². The SMILES string of the molecule is C[C@@H](N)C(=O)NC1CC(C)(c2ccccc2)C1. The topological polar surface area (TPSA) is 55.1 Å². The third kappa shape index (κ3) is 2.50. The number of nitrogens with two attached hydrogens (primary N) is 1. The number of benzene rings is 1. The van der Waals surface area contributed by atoms with Crippen LogP contribution < -0.4 is 11.1 Å². The highest BCUT2D eigenvalue weighted by Crippen LogP contribution is 2.43. The molecule has 3 N–H and O–H groups in total. The Morgan fingerprint density at radius 1 is 1.41 bits per heavy atom. The van der Waals surface area contributed by atoms with Gasteiger partial charge in [0.15, 0.2) is 0 Å². The zero-order chi connectivity index (χ0) is 12.5. The maximum absolute atomic E-state index is 11.5. The van der Waals surface area contributed by atoms with Gasteiger partial charge in [0, 0.05) is 6.04 Å². The minimum absolute atomic E-state index is 0.0508. The van der Waals surface area contributed by atoms with Gasteiger partial charge in [-0.3, -0.25) is 4.79 Å². The van der Waals surface area contributed by atoms with E-state index in [-0.39, 0.29) is 17.4 Å². The predicted molar refractivity (Wildman–Crippen MR) is 68.6 cm³/mol. The van der Waals surface area contributed by atoms with E-state index in [0.717, 1.165) is 12.8 Å². The van der Waals surface area contributed by atoms with Crippen molar-refractivity contribution in [2.75, 3.05) is 0 Å². The molecule has 1 saturated carbocycles. The van der Waals surface area contributed by atoms with Gasteiger partial charge in [-0.1, -0.05) is 37.3 Å². The summed E-state index contributed by atoms with van der Waals surface area (Å²) in [5, 5.41) is 2.98. The smallest absolute Gasteiger partial charge is 0.236 e. The van der Waals surface area contributed by atoms with Crippen LogP contribution in [0.4, 0.5) is 0 Å². The molecule has 0 bridgehead atoms. The second kappa shape index (κ2) is 4.49. The van der Waals surface area contributed by atoms with Crippen LogP contribution in [0.1, 0.15) is 32.3 Å². The summed E-state index contributed by atoms with van der Waals surface area (Å²) >= 11 is 0. The lowest BCUT2D eigenvalue weighted by atomic mass is 9.63. The summed E-state index contributed by atoms with van der Waals surface area (Å²) in [4.78, 5) is 11.5. The van der Waals surface area contributed by atoms with E-state index in [1.807, 2.05) is 6.07 Å². The summed E-state index contributed by atoms with van der Waals surface area (Å²) in [5.41, 5.74) is 7.09. The number of nitrogens with one attached hydrogen (secondary N) is 1. The molecule has 3 nitrogen and oxygen atoms in total. The van der Waals surface area contributed by atoms with Gasteiger partial charge in [0.2, 0.25) is 5.91 Å². The number of amides is 1. The molecule has 1 amide bonds. The molecule has 17 heavy (non-hydrogen) atoms. The van der Waals surface area contributed by atoms with Crippen LogP contribution in [0.5, 0.6) is 0 Å². The van der Waals surface area contributed by atoms with Gasteiger partial charge in [-0.05, 0) is 30.7 Å². The van der Waals surface area contributed by atoms with E-state index in [0.29, 0.717) is 0 Å². The molecule has 1 aliphatic carbocycles. The molecule has 92 valence electrons. The van der Waals surface area contributed by atoms with Crippen molar-refractivity contribution in [2.45, 2.75) is 44.2 Å². The first kappa shape index (κ1) is 12.1. The molecule has 0 saturated heterocycles. The Balaban J connectivity index is 1.92. The van der Waals surface area contributed by atoms with E-state index in [9.17, 15) is 4.79 Å². The molecule has 1 aliphatic rings. The van der Waals surface area contributed by atoms with Crippen molar-refractivity contribution in [1.82, 2.24) is 5.32 Å². The molecule has 0 aromatic heterocycles. The summed E-state index contributed by atoms with van der Waals surface area (Å²) in [7, 11) is 0. The molecule has 2 rings (SSSR count). The zero-order valence-corrected chi connectivity index (χ0v) is 10.4. The van der Waals surface area contributed by atoms with Gasteiger partial charge in [-0.15, -0.1) is 0 Å². The van der Waals surface area contributed by atoms with E-state index in [4.69, 9.17) is 5.73 Å². The van der Waals surface area contributed by atoms with Crippen molar-refractivity contribution in [3.8, 4) is 0 Å². The minimum Gasteiger partial charge on any atom is -0.352 e. The van der Waals surface area contributed by atoms with E-state index in [1.54, 1.807) is 6.92 Å². The standard InChI is InChI=1S/C14H20N2O/c1-10(15)13(17)16-12-8-14(2,9-12)11-6-4-3-5-7-11/h3-7,10,12H,8-9,15H2,1-2H3,(H,16,17)/t10-,12?,14?/m1/s1. The third-order valence-corrected chi connectivity index (χ3v) is 3.62. The van der Waals surface area contributed by atoms with Gasteiger partial charge in [0.25, 0.3) is 0 Å². The molecule has 1 atom stereocenters. The van der Waals surface area contributed by atoms with Gasteiger partial charge in [0.05, 0.1) is 6.04 Å². The van der Waals surface area contributed by atoms with Gasteiger partial charge >= 0.3 is 0 Å². The largest absolute Gasteiger partial charge is 0.352 e. The van der Waals surface area contributed by atoms with Crippen molar-refractivity contribution in [2.24, 2.45) is 5.73 Å². The normalized spacial score (nSPS) is 29.2. The first-order valence-electron chi connectivity index (χ1n) is 6.13. The molecule has 3 heteroatoms. The van der Waals surface area contributed by atoms with Crippen LogP contribution in [0, 0.1) is 0 Å². The molecule has 0 aliphatic heterocycles. The summed E-state index contributed by atoms with van der Waals surface area (Å²) in [6, 6.07) is 10.3. The Morgan fingerprint density at radius 2 is 2.00 bits per heavy atom. The molecule has 1 aromatic rings. The lowest BCUT2D eigenvalue weighted by Gasteiger charge is -2.46. The Kier molecular flexibility index (Phi) is 3.20. The lowest BCUT2D eigenvalue weighted by Crippen LogP contribution is -2.54. The lowest BCUT2D eigenvalue weighted by molar-refractivity contribution is -0.123. The van der Waals surface area contributed by atoms with E-state index < -0.39 is 6.04 Å². The van der Waals surface area contributed by atoms with Crippen LogP contribution in [0.25, 0.3) is 0 Å². The molecular weight excluding hydrogens is 212 g/mol. The van der Waals surface area contributed by atoms with Crippen LogP contribution in [-0.4, -0.2) is 18.0 Å². The van der Waals surface area contributed by atoms with Crippen molar-refractivity contribution in [3.05, 3.63) is 35.9 Å². The maximum atomic E-state index is 11.5. The highest BCUT2D eigenvalue weighted by atomic mass is 16.2. The average Bonchev–Trinajstić information content (AvgIpc) is 2.27. The quantitative estimate of drug-likeness (QED) is 0.831. The van der Waals surface area contributed by atoms with Gasteiger partial charge < -0.3 is 11.1 Å². The molecule has 0 radical (unpaired) electrons. The van der Waals surface area contributed by atoms with Crippen molar-refractivity contribution in [1.29, 1.82) is 0 Å². The molecule has 0 spiro atoms. The van der Waals surface area contributed by atoms with E-state index in [2.05, 4.69) is 36.5 Å². The van der Waals surface area contributed by atoms with Crippen molar-refractivity contribution >= 4 is 5.91 Å². The Hall–Kier alpha value is -1.35. The molecule has 1 fully saturated rings. The van der Waals surface area contributed by atoms with Crippen molar-refractivity contribution in [3.63, 3.8) is 0 Å². The average molecular weight is 232 g/mol. The fourth-order valence-electron chi connectivity index (χ4n) is 2.54. The number of carbonyl (C=O) groups is 1. The Morgan fingerprint density at radius 3 is 2.53 bits per heavy atom. The predicted octanol–water partition coefficient (Wildman–Crippen LogP) is 1.57. The first-order chi connectivity index (χ1) is 8.01. The Labute approximate surface area is 102 Å². The van der Waals surface area contributed by atoms with Gasteiger partial charge in [0.1, 0.15) is 0 Å². The highest BCUT2D eigenvalue weighted by molar-refractivity contribution is 5.81. The fourth-order valence-corrected chi connectivity index (χ4v) is 2.54. The van der Waals surface area contributed by atoms with Crippen LogP contribution in [0.15, 0.2) is 30.3 Å². The molecule has 0 unspecified atom stereocenters. The molecule has 1 aromatic carbocycles. The Bertz CT molecular complexity index is 394. The highest BCUT2D eigenvalue weighted by Gasteiger charge is 2.42. The molecule has 0 heterocycles. The van der Waals surface area contributed by atoms with Crippen molar-refractivity contribution < 1.29 is 4.79 Å². The minimum atomic E-state index is -0.418. The van der Waals surface area contributed by atoms with Crippen LogP contribution in [-0.2, 0) is 10.2 Å². The monoisotopic (exact) mass is 232 g/mol. The number of rotatable bonds is 3. The number of carbonyl (C=O) groups excluding carboxylic acids is 1. The number of hydrogen-bond donors (Lipinski definition) is 2. The summed E-state index contributed by atoms with van der Waals surface area (Å²) in [5.74, 6) is -0.0508.